The monoisotopic (exact) mass is 225 g/mol. The van der Waals surface area contributed by atoms with Gasteiger partial charge in [-0.1, -0.05) is 40.7 Å². The van der Waals surface area contributed by atoms with E-state index in [-0.39, 0.29) is 0 Å². The van der Waals surface area contributed by atoms with E-state index in [0.29, 0.717) is 0 Å². The van der Waals surface area contributed by atoms with Gasteiger partial charge in [0.2, 0.25) is 0 Å². The van der Waals surface area contributed by atoms with Crippen molar-refractivity contribution in [3.8, 4) is 5.75 Å². The molecule has 1 rings (SSSR count). The molecule has 1 aromatic rings. The molecule has 16 heavy (non-hydrogen) atoms. The molecule has 1 aromatic carbocycles. The third kappa shape index (κ3) is 5.64. The van der Waals surface area contributed by atoms with Crippen molar-refractivity contribution in [3.05, 3.63) is 23.8 Å². The van der Waals surface area contributed by atoms with Crippen LogP contribution < -0.4 is 10.1 Å². The fraction of sp³-hybridized carbons (Fsp3) is 0.571. The van der Waals surface area contributed by atoms with Crippen LogP contribution >= 0.6 is 0 Å². The average molecular weight is 225 g/mol. The van der Waals surface area contributed by atoms with Gasteiger partial charge in [0.15, 0.2) is 0 Å². The zero-order valence-electron chi connectivity index (χ0n) is 11.8. The molecule has 0 bridgehead atoms. The van der Waals surface area contributed by atoms with E-state index in [4.69, 9.17) is 4.74 Å². The molecule has 0 unspecified atom stereocenters. The van der Waals surface area contributed by atoms with Crippen LogP contribution in [0.1, 0.15) is 40.2 Å². The van der Waals surface area contributed by atoms with E-state index >= 15 is 0 Å². The van der Waals surface area contributed by atoms with Gasteiger partial charge in [-0.3, -0.25) is 0 Å². The summed E-state index contributed by atoms with van der Waals surface area (Å²) in [7, 11) is 3.58. The van der Waals surface area contributed by atoms with Gasteiger partial charge in [-0.05, 0) is 24.1 Å². The maximum Gasteiger partial charge on any atom is 0.142 e. The third-order valence-electron chi connectivity index (χ3n) is 1.94. The maximum absolute atomic E-state index is 5.22. The van der Waals surface area contributed by atoms with E-state index in [0.717, 1.165) is 17.9 Å². The van der Waals surface area contributed by atoms with Gasteiger partial charge in [0.05, 0.1) is 12.8 Å². The van der Waals surface area contributed by atoms with Crippen molar-refractivity contribution < 1.29 is 4.74 Å². The minimum Gasteiger partial charge on any atom is -0.495 e. The summed E-state index contributed by atoms with van der Waals surface area (Å²) in [5.74, 6) is 0.914. The van der Waals surface area contributed by atoms with E-state index in [1.165, 1.54) is 5.56 Å². The Hall–Kier alpha value is -1.18. The minimum absolute atomic E-state index is 0.914. The van der Waals surface area contributed by atoms with Crippen LogP contribution in [0.4, 0.5) is 5.69 Å². The zero-order chi connectivity index (χ0) is 13.0. The van der Waals surface area contributed by atoms with Crippen molar-refractivity contribution in [1.82, 2.24) is 0 Å². The summed E-state index contributed by atoms with van der Waals surface area (Å²) in [6.07, 6.45) is 1.04. The second-order valence-electron chi connectivity index (χ2n) is 2.64. The molecule has 0 aliphatic heterocycles. The molecule has 94 valence electrons. The first kappa shape index (κ1) is 17.2. The summed E-state index contributed by atoms with van der Waals surface area (Å²) in [6.45, 7) is 10.1. The van der Waals surface area contributed by atoms with Crippen LogP contribution in [0.3, 0.4) is 0 Å². The van der Waals surface area contributed by atoms with Crippen molar-refractivity contribution in [2.24, 2.45) is 0 Å². The van der Waals surface area contributed by atoms with Crippen LogP contribution in [0.25, 0.3) is 0 Å². The van der Waals surface area contributed by atoms with Crippen LogP contribution in [-0.4, -0.2) is 14.2 Å². The summed E-state index contributed by atoms with van der Waals surface area (Å²) in [5.41, 5.74) is 2.33. The number of ether oxygens (including phenoxy) is 1. The van der Waals surface area contributed by atoms with Crippen LogP contribution in [0, 0.1) is 0 Å². The third-order valence-corrected chi connectivity index (χ3v) is 1.94. The molecule has 0 aliphatic rings. The molecule has 0 amide bonds. The first-order valence-electron chi connectivity index (χ1n) is 6.16. The molecule has 2 heteroatoms. The van der Waals surface area contributed by atoms with Gasteiger partial charge in [-0.2, -0.15) is 0 Å². The van der Waals surface area contributed by atoms with E-state index in [9.17, 15) is 0 Å². The zero-order valence-corrected chi connectivity index (χ0v) is 11.8. The van der Waals surface area contributed by atoms with Crippen molar-refractivity contribution in [2.75, 3.05) is 19.5 Å². The lowest BCUT2D eigenvalue weighted by atomic mass is 10.1. The lowest BCUT2D eigenvalue weighted by Gasteiger charge is -2.08. The standard InChI is InChI=1S/C10H15NO.2C2H6/c1-4-8-5-6-9(11-2)10(7-8)12-3;2*1-2/h5-7,11H,4H2,1-3H3;2*1-2H3. The highest BCUT2D eigenvalue weighted by Gasteiger charge is 2.00. The molecular weight excluding hydrogens is 198 g/mol. The Morgan fingerprint density at radius 2 is 1.69 bits per heavy atom. The summed E-state index contributed by atoms with van der Waals surface area (Å²) < 4.78 is 5.22. The lowest BCUT2D eigenvalue weighted by Crippen LogP contribution is -1.94. The number of methoxy groups -OCH3 is 1. The number of hydrogen-bond acceptors (Lipinski definition) is 2. The van der Waals surface area contributed by atoms with E-state index < -0.39 is 0 Å². The number of anilines is 1. The minimum atomic E-state index is 0.914. The fourth-order valence-corrected chi connectivity index (χ4v) is 1.16. The summed E-state index contributed by atoms with van der Waals surface area (Å²) in [6, 6.07) is 6.21. The van der Waals surface area contributed by atoms with Crippen molar-refractivity contribution in [2.45, 2.75) is 41.0 Å². The SMILES string of the molecule is CC.CC.CCc1ccc(NC)c(OC)c1. The van der Waals surface area contributed by atoms with Crippen LogP contribution in [0.2, 0.25) is 0 Å². The Morgan fingerprint density at radius 3 is 2.06 bits per heavy atom. The van der Waals surface area contributed by atoms with Gasteiger partial charge in [0.25, 0.3) is 0 Å². The first-order valence-corrected chi connectivity index (χ1v) is 6.16. The predicted molar refractivity (Wildman–Crippen MR) is 74.6 cm³/mol. The molecular formula is C14H27NO. The molecule has 0 aromatic heterocycles. The van der Waals surface area contributed by atoms with Gasteiger partial charge in [-0.25, -0.2) is 0 Å². The smallest absolute Gasteiger partial charge is 0.142 e. The topological polar surface area (TPSA) is 21.3 Å². The van der Waals surface area contributed by atoms with Crippen molar-refractivity contribution in [1.29, 1.82) is 0 Å². The number of nitrogens with one attached hydrogen (secondary N) is 1. The molecule has 0 saturated carbocycles. The second kappa shape index (κ2) is 11.9. The Kier molecular flexibility index (Phi) is 12.8. The van der Waals surface area contributed by atoms with Gasteiger partial charge in [0, 0.05) is 7.05 Å². The lowest BCUT2D eigenvalue weighted by molar-refractivity contribution is 0.416. The molecule has 0 saturated heterocycles. The van der Waals surface area contributed by atoms with Crippen LogP contribution in [0.5, 0.6) is 5.75 Å². The summed E-state index contributed by atoms with van der Waals surface area (Å²) >= 11 is 0. The van der Waals surface area contributed by atoms with Crippen molar-refractivity contribution >= 4 is 5.69 Å². The summed E-state index contributed by atoms with van der Waals surface area (Å²) in [5, 5.41) is 3.07. The van der Waals surface area contributed by atoms with E-state index in [1.807, 2.05) is 40.8 Å². The second-order valence-corrected chi connectivity index (χ2v) is 2.64. The molecule has 0 radical (unpaired) electrons. The predicted octanol–water partition coefficient (Wildman–Crippen LogP) is 4.35. The molecule has 2 nitrogen and oxygen atoms in total. The van der Waals surface area contributed by atoms with Gasteiger partial charge >= 0.3 is 0 Å². The highest BCUT2D eigenvalue weighted by molar-refractivity contribution is 5.57. The molecule has 0 heterocycles. The largest absolute Gasteiger partial charge is 0.495 e. The van der Waals surface area contributed by atoms with Gasteiger partial charge in [0.1, 0.15) is 5.75 Å². The fourth-order valence-electron chi connectivity index (χ4n) is 1.16. The quantitative estimate of drug-likeness (QED) is 0.825. The Morgan fingerprint density at radius 1 is 1.12 bits per heavy atom. The molecule has 0 atom stereocenters. The highest BCUT2D eigenvalue weighted by Crippen LogP contribution is 2.24. The van der Waals surface area contributed by atoms with Crippen molar-refractivity contribution in [3.63, 3.8) is 0 Å². The number of rotatable bonds is 3. The number of benzene rings is 1. The Bertz CT molecular complexity index is 259. The van der Waals surface area contributed by atoms with Gasteiger partial charge in [-0.15, -0.1) is 0 Å². The van der Waals surface area contributed by atoms with E-state index in [2.05, 4.69) is 24.4 Å². The van der Waals surface area contributed by atoms with Gasteiger partial charge < -0.3 is 10.1 Å². The number of hydrogen-bond donors (Lipinski definition) is 1. The van der Waals surface area contributed by atoms with E-state index in [1.54, 1.807) is 7.11 Å². The average Bonchev–Trinajstić information content (AvgIpc) is 2.42. The molecule has 1 N–H and O–H groups in total. The molecule has 0 spiro atoms. The van der Waals surface area contributed by atoms with Crippen LogP contribution in [-0.2, 0) is 6.42 Å². The van der Waals surface area contributed by atoms with Crippen LogP contribution in [0.15, 0.2) is 18.2 Å². The Labute approximate surface area is 101 Å². The maximum atomic E-state index is 5.22. The number of aryl methyl sites for hydroxylation is 1. The molecule has 0 aliphatic carbocycles. The highest BCUT2D eigenvalue weighted by atomic mass is 16.5. The Balaban J connectivity index is 0. The normalized spacial score (nSPS) is 7.94. The molecule has 0 fully saturated rings. The summed E-state index contributed by atoms with van der Waals surface area (Å²) in [4.78, 5) is 0. The first-order chi connectivity index (χ1) is 7.81.